The number of carbonyl (C=O) groups excluding carboxylic acids is 2. The van der Waals surface area contributed by atoms with Gasteiger partial charge in [0.05, 0.1) is 12.7 Å². The third-order valence-corrected chi connectivity index (χ3v) is 5.96. The zero-order valence-electron chi connectivity index (χ0n) is 15.9. The van der Waals surface area contributed by atoms with Crippen molar-refractivity contribution in [3.05, 3.63) is 29.9 Å². The van der Waals surface area contributed by atoms with Crippen molar-refractivity contribution >= 4 is 12.2 Å². The van der Waals surface area contributed by atoms with Gasteiger partial charge in [0.15, 0.2) is 6.29 Å². The van der Waals surface area contributed by atoms with Crippen molar-refractivity contribution < 1.29 is 9.59 Å². The highest BCUT2D eigenvalue weighted by Gasteiger charge is 2.22. The van der Waals surface area contributed by atoms with Crippen molar-refractivity contribution in [2.24, 2.45) is 11.8 Å². The Morgan fingerprint density at radius 3 is 2.81 bits per heavy atom. The standard InChI is InChI=1S/C20H30N4O2/c1-16-5-3-8-22(10-7-17(16)2)9-4-6-20(26)23-11-12-24-18(15-25)13-21-19(24)14-23/h4,6,13,15-17H,3,5,7-12,14H2,1-2H3/b6-4+. The van der Waals surface area contributed by atoms with Gasteiger partial charge in [0, 0.05) is 25.7 Å². The first kappa shape index (κ1) is 18.8. The van der Waals surface area contributed by atoms with Crippen molar-refractivity contribution in [1.29, 1.82) is 0 Å². The molecule has 1 aromatic rings. The predicted molar refractivity (Wildman–Crippen MR) is 101 cm³/mol. The Balaban J connectivity index is 1.49. The van der Waals surface area contributed by atoms with Gasteiger partial charge in [-0.25, -0.2) is 4.98 Å². The maximum Gasteiger partial charge on any atom is 0.246 e. The number of aldehydes is 1. The van der Waals surface area contributed by atoms with E-state index in [0.717, 1.165) is 43.6 Å². The molecule has 3 rings (SSSR count). The van der Waals surface area contributed by atoms with E-state index in [-0.39, 0.29) is 5.91 Å². The van der Waals surface area contributed by atoms with Crippen molar-refractivity contribution in [3.63, 3.8) is 0 Å². The molecule has 0 N–H and O–H groups in total. The molecule has 0 saturated carbocycles. The van der Waals surface area contributed by atoms with E-state index >= 15 is 0 Å². The second-order valence-electron chi connectivity index (χ2n) is 7.72. The quantitative estimate of drug-likeness (QED) is 0.612. The van der Waals surface area contributed by atoms with Gasteiger partial charge < -0.3 is 9.47 Å². The Labute approximate surface area is 155 Å². The van der Waals surface area contributed by atoms with Gasteiger partial charge in [0.1, 0.15) is 11.5 Å². The molecule has 6 heteroatoms. The summed E-state index contributed by atoms with van der Waals surface area (Å²) in [7, 11) is 0. The van der Waals surface area contributed by atoms with Gasteiger partial charge in [-0.1, -0.05) is 19.9 Å². The van der Waals surface area contributed by atoms with Crippen LogP contribution in [0.2, 0.25) is 0 Å². The van der Waals surface area contributed by atoms with Crippen LogP contribution in [0.5, 0.6) is 0 Å². The topological polar surface area (TPSA) is 58.4 Å². The molecule has 2 unspecified atom stereocenters. The molecule has 1 fully saturated rings. The molecule has 6 nitrogen and oxygen atoms in total. The number of hydrogen-bond donors (Lipinski definition) is 0. The van der Waals surface area contributed by atoms with Gasteiger partial charge >= 0.3 is 0 Å². The lowest BCUT2D eigenvalue weighted by Crippen LogP contribution is -2.38. The third kappa shape index (κ3) is 4.41. The summed E-state index contributed by atoms with van der Waals surface area (Å²) in [5.41, 5.74) is 0.586. The lowest BCUT2D eigenvalue weighted by Gasteiger charge is -2.29. The summed E-state index contributed by atoms with van der Waals surface area (Å²) in [5.74, 6) is 2.41. The van der Waals surface area contributed by atoms with E-state index in [2.05, 4.69) is 23.7 Å². The minimum Gasteiger partial charge on any atom is -0.330 e. The minimum absolute atomic E-state index is 0.0286. The molecular formula is C20H30N4O2. The monoisotopic (exact) mass is 358 g/mol. The molecule has 1 amide bonds. The van der Waals surface area contributed by atoms with Gasteiger partial charge in [0.2, 0.25) is 5.91 Å². The van der Waals surface area contributed by atoms with Crippen molar-refractivity contribution in [2.75, 3.05) is 26.2 Å². The molecule has 1 saturated heterocycles. The lowest BCUT2D eigenvalue weighted by atomic mass is 9.87. The van der Waals surface area contributed by atoms with Crippen molar-refractivity contribution in [3.8, 4) is 0 Å². The van der Waals surface area contributed by atoms with Crippen LogP contribution in [-0.2, 0) is 17.9 Å². The number of fused-ring (bicyclic) bond motifs is 1. The zero-order chi connectivity index (χ0) is 18.5. The number of likely N-dealkylation sites (tertiary alicyclic amines) is 1. The molecule has 142 valence electrons. The normalized spacial score (nSPS) is 24.9. The van der Waals surface area contributed by atoms with Crippen molar-refractivity contribution in [1.82, 2.24) is 19.4 Å². The number of rotatable bonds is 4. The number of amides is 1. The second-order valence-corrected chi connectivity index (χ2v) is 7.72. The average Bonchev–Trinajstić information content (AvgIpc) is 3.06. The van der Waals surface area contributed by atoms with E-state index in [9.17, 15) is 9.59 Å². The first-order chi connectivity index (χ1) is 12.6. The molecule has 0 aliphatic carbocycles. The lowest BCUT2D eigenvalue weighted by molar-refractivity contribution is -0.127. The van der Waals surface area contributed by atoms with Gasteiger partial charge in [-0.15, -0.1) is 0 Å². The van der Waals surface area contributed by atoms with E-state index < -0.39 is 0 Å². The Bertz CT molecular complexity index is 667. The number of imidazole rings is 1. The number of nitrogens with zero attached hydrogens (tertiary/aromatic N) is 4. The molecule has 26 heavy (non-hydrogen) atoms. The van der Waals surface area contributed by atoms with Crippen LogP contribution in [-0.4, -0.2) is 57.7 Å². The SMILES string of the molecule is CC1CCCN(C/C=C/C(=O)N2CCn3c(C=O)cnc3C2)CCC1C. The second kappa shape index (κ2) is 8.62. The summed E-state index contributed by atoms with van der Waals surface area (Å²) in [6.07, 6.45) is 9.86. The molecule has 2 aliphatic rings. The molecule has 2 atom stereocenters. The predicted octanol–water partition coefficient (Wildman–Crippen LogP) is 2.35. The van der Waals surface area contributed by atoms with Crippen LogP contribution in [0, 0.1) is 11.8 Å². The van der Waals surface area contributed by atoms with Crippen LogP contribution in [0.4, 0.5) is 0 Å². The van der Waals surface area contributed by atoms with Crippen LogP contribution in [0.1, 0.15) is 49.4 Å². The maximum atomic E-state index is 12.5. The highest BCUT2D eigenvalue weighted by Crippen LogP contribution is 2.23. The first-order valence-electron chi connectivity index (χ1n) is 9.76. The highest BCUT2D eigenvalue weighted by molar-refractivity contribution is 5.87. The molecule has 0 radical (unpaired) electrons. The van der Waals surface area contributed by atoms with E-state index in [4.69, 9.17) is 0 Å². The number of hydrogen-bond acceptors (Lipinski definition) is 4. The molecule has 0 spiro atoms. The van der Waals surface area contributed by atoms with E-state index in [1.807, 2.05) is 10.6 Å². The third-order valence-electron chi connectivity index (χ3n) is 5.96. The van der Waals surface area contributed by atoms with Gasteiger partial charge in [-0.2, -0.15) is 0 Å². The van der Waals surface area contributed by atoms with E-state index in [0.29, 0.717) is 25.3 Å². The Kier molecular flexibility index (Phi) is 6.25. The minimum atomic E-state index is 0.0286. The molecule has 2 aliphatic heterocycles. The van der Waals surface area contributed by atoms with Gasteiger partial charge in [0.25, 0.3) is 0 Å². The van der Waals surface area contributed by atoms with Crippen LogP contribution in [0.3, 0.4) is 0 Å². The fourth-order valence-electron chi connectivity index (χ4n) is 3.86. The molecule has 3 heterocycles. The fraction of sp³-hybridized carbons (Fsp3) is 0.650. The molecular weight excluding hydrogens is 328 g/mol. The summed E-state index contributed by atoms with van der Waals surface area (Å²) in [6.45, 7) is 9.49. The molecule has 0 aromatic carbocycles. The Morgan fingerprint density at radius 1 is 1.19 bits per heavy atom. The van der Waals surface area contributed by atoms with Gasteiger partial charge in [-0.3, -0.25) is 14.5 Å². The molecule has 1 aromatic heterocycles. The summed E-state index contributed by atoms with van der Waals surface area (Å²) >= 11 is 0. The maximum absolute atomic E-state index is 12.5. The molecule has 0 bridgehead atoms. The van der Waals surface area contributed by atoms with Crippen LogP contribution >= 0.6 is 0 Å². The van der Waals surface area contributed by atoms with E-state index in [1.54, 1.807) is 17.2 Å². The van der Waals surface area contributed by atoms with Gasteiger partial charge in [-0.05, 0) is 44.2 Å². The first-order valence-corrected chi connectivity index (χ1v) is 9.76. The summed E-state index contributed by atoms with van der Waals surface area (Å²) in [6, 6.07) is 0. The fourth-order valence-corrected chi connectivity index (χ4v) is 3.86. The summed E-state index contributed by atoms with van der Waals surface area (Å²) < 4.78 is 1.89. The number of aromatic nitrogens is 2. The summed E-state index contributed by atoms with van der Waals surface area (Å²) in [4.78, 5) is 31.9. The van der Waals surface area contributed by atoms with E-state index in [1.165, 1.54) is 19.3 Å². The largest absolute Gasteiger partial charge is 0.330 e. The Hall–Kier alpha value is -1.95. The number of carbonyl (C=O) groups is 2. The van der Waals surface area contributed by atoms with Crippen LogP contribution in [0.15, 0.2) is 18.3 Å². The summed E-state index contributed by atoms with van der Waals surface area (Å²) in [5, 5.41) is 0. The Morgan fingerprint density at radius 2 is 2.00 bits per heavy atom. The van der Waals surface area contributed by atoms with Crippen molar-refractivity contribution in [2.45, 2.75) is 46.2 Å². The van der Waals surface area contributed by atoms with Crippen LogP contribution < -0.4 is 0 Å². The zero-order valence-corrected chi connectivity index (χ0v) is 15.9. The smallest absolute Gasteiger partial charge is 0.246 e. The average molecular weight is 358 g/mol. The highest BCUT2D eigenvalue weighted by atomic mass is 16.2. The van der Waals surface area contributed by atoms with Crippen LogP contribution in [0.25, 0.3) is 0 Å².